The Morgan fingerprint density at radius 2 is 1.64 bits per heavy atom. The molecule has 0 spiro atoms. The second-order valence-electron chi connectivity index (χ2n) is 6.73. The molecule has 28 heavy (non-hydrogen) atoms. The van der Waals surface area contributed by atoms with E-state index >= 15 is 0 Å². The van der Waals surface area contributed by atoms with Gasteiger partial charge in [-0.25, -0.2) is 4.39 Å². The fraction of sp³-hybridized carbons (Fsp3) is 0.130. The number of halogens is 1. The van der Waals surface area contributed by atoms with Gasteiger partial charge in [-0.05, 0) is 66.9 Å². The maximum atomic E-state index is 13.3. The van der Waals surface area contributed by atoms with E-state index in [1.165, 1.54) is 23.8 Å². The van der Waals surface area contributed by atoms with Crippen molar-refractivity contribution in [3.05, 3.63) is 95.3 Å². The highest BCUT2D eigenvalue weighted by atomic mass is 19.1. The minimum Gasteiger partial charge on any atom is -0.322 e. The Labute approximate surface area is 162 Å². The van der Waals surface area contributed by atoms with Crippen molar-refractivity contribution in [1.82, 2.24) is 0 Å². The highest BCUT2D eigenvalue weighted by Gasteiger charge is 2.23. The van der Waals surface area contributed by atoms with E-state index in [0.29, 0.717) is 23.4 Å². The van der Waals surface area contributed by atoms with Gasteiger partial charge in [-0.15, -0.1) is 0 Å². The van der Waals surface area contributed by atoms with E-state index in [9.17, 15) is 14.0 Å². The van der Waals surface area contributed by atoms with Crippen molar-refractivity contribution in [2.45, 2.75) is 12.8 Å². The van der Waals surface area contributed by atoms with E-state index < -0.39 is 5.82 Å². The summed E-state index contributed by atoms with van der Waals surface area (Å²) in [6.07, 6.45) is 1.90. The predicted octanol–water partition coefficient (Wildman–Crippen LogP) is 4.67. The van der Waals surface area contributed by atoms with Crippen molar-refractivity contribution >= 4 is 23.2 Å². The number of rotatable bonds is 3. The number of carbonyl (C=O) groups excluding carboxylic acids is 2. The Morgan fingerprint density at radius 3 is 2.43 bits per heavy atom. The lowest BCUT2D eigenvalue weighted by Gasteiger charge is -2.29. The Morgan fingerprint density at radius 1 is 0.893 bits per heavy atom. The van der Waals surface area contributed by atoms with Crippen LogP contribution >= 0.6 is 0 Å². The fourth-order valence-electron chi connectivity index (χ4n) is 3.43. The third kappa shape index (κ3) is 3.64. The molecule has 0 atom stereocenters. The van der Waals surface area contributed by atoms with Crippen LogP contribution in [0, 0.1) is 5.82 Å². The third-order valence-electron chi connectivity index (χ3n) is 4.83. The van der Waals surface area contributed by atoms with Gasteiger partial charge in [-0.2, -0.15) is 0 Å². The smallest absolute Gasteiger partial charge is 0.258 e. The number of carbonyl (C=O) groups is 2. The van der Waals surface area contributed by atoms with Gasteiger partial charge in [0.1, 0.15) is 5.82 Å². The van der Waals surface area contributed by atoms with Gasteiger partial charge in [-0.3, -0.25) is 9.59 Å². The summed E-state index contributed by atoms with van der Waals surface area (Å²) >= 11 is 0. The van der Waals surface area contributed by atoms with Gasteiger partial charge in [0, 0.05) is 29.0 Å². The monoisotopic (exact) mass is 374 g/mol. The molecule has 0 radical (unpaired) electrons. The lowest BCUT2D eigenvalue weighted by Crippen LogP contribution is -2.35. The number of para-hydroxylation sites is 1. The quantitative estimate of drug-likeness (QED) is 0.724. The number of amides is 2. The molecule has 1 aliphatic heterocycles. The normalized spacial score (nSPS) is 13.0. The molecule has 3 aromatic rings. The standard InChI is InChI=1S/C23H19FN2O2/c24-19-7-3-8-20(15-19)25-22(27)17-10-12-18(13-11-17)23(28)26-14-4-6-16-5-1-2-9-21(16)26/h1-3,5,7-13,15H,4,6,14H2,(H,25,27). The van der Waals surface area contributed by atoms with Crippen LogP contribution in [0.25, 0.3) is 0 Å². The van der Waals surface area contributed by atoms with Crippen molar-refractivity contribution in [3.63, 3.8) is 0 Å². The van der Waals surface area contributed by atoms with Crippen LogP contribution in [0.1, 0.15) is 32.7 Å². The maximum absolute atomic E-state index is 13.3. The zero-order valence-electron chi connectivity index (χ0n) is 15.2. The lowest BCUT2D eigenvalue weighted by molar-refractivity contribution is 0.0982. The van der Waals surface area contributed by atoms with Crippen LogP contribution in [0.3, 0.4) is 0 Å². The molecule has 1 aliphatic rings. The number of anilines is 2. The van der Waals surface area contributed by atoms with Crippen LogP contribution in [-0.4, -0.2) is 18.4 Å². The number of nitrogens with zero attached hydrogens (tertiary/aromatic N) is 1. The van der Waals surface area contributed by atoms with Crippen LogP contribution in [0.4, 0.5) is 15.8 Å². The number of benzene rings is 3. The Hall–Kier alpha value is -3.47. The van der Waals surface area contributed by atoms with Crippen LogP contribution in [0.15, 0.2) is 72.8 Å². The first kappa shape index (κ1) is 17.9. The molecule has 4 nitrogen and oxygen atoms in total. The summed E-state index contributed by atoms with van der Waals surface area (Å²) in [5, 5.41) is 2.65. The van der Waals surface area contributed by atoms with Crippen LogP contribution in [0.5, 0.6) is 0 Å². The SMILES string of the molecule is O=C(Nc1cccc(F)c1)c1ccc(C(=O)N2CCCc3ccccc32)cc1. The van der Waals surface area contributed by atoms with Crippen molar-refractivity contribution in [2.75, 3.05) is 16.8 Å². The van der Waals surface area contributed by atoms with Gasteiger partial charge in [0.05, 0.1) is 0 Å². The summed E-state index contributed by atoms with van der Waals surface area (Å²) < 4.78 is 13.3. The molecular formula is C23H19FN2O2. The first-order valence-corrected chi connectivity index (χ1v) is 9.18. The molecule has 5 heteroatoms. The molecule has 0 aliphatic carbocycles. The zero-order valence-corrected chi connectivity index (χ0v) is 15.2. The van der Waals surface area contributed by atoms with E-state index in [2.05, 4.69) is 11.4 Å². The van der Waals surface area contributed by atoms with Gasteiger partial charge >= 0.3 is 0 Å². The zero-order chi connectivity index (χ0) is 19.5. The Bertz CT molecular complexity index is 1030. The molecule has 1 N–H and O–H groups in total. The summed E-state index contributed by atoms with van der Waals surface area (Å²) in [7, 11) is 0. The molecular weight excluding hydrogens is 355 g/mol. The number of nitrogens with one attached hydrogen (secondary N) is 1. The predicted molar refractivity (Wildman–Crippen MR) is 107 cm³/mol. The molecule has 4 rings (SSSR count). The van der Waals surface area contributed by atoms with Gasteiger partial charge in [0.15, 0.2) is 0 Å². The van der Waals surface area contributed by atoms with E-state index in [1.54, 1.807) is 35.2 Å². The molecule has 0 unspecified atom stereocenters. The van der Waals surface area contributed by atoms with Gasteiger partial charge in [0.25, 0.3) is 11.8 Å². The fourth-order valence-corrected chi connectivity index (χ4v) is 3.43. The number of hydrogen-bond acceptors (Lipinski definition) is 2. The van der Waals surface area contributed by atoms with Gasteiger partial charge < -0.3 is 10.2 Å². The Balaban J connectivity index is 1.50. The molecule has 1 heterocycles. The number of aryl methyl sites for hydroxylation is 1. The molecule has 0 saturated heterocycles. The molecule has 0 saturated carbocycles. The van der Waals surface area contributed by atoms with Crippen LogP contribution in [0.2, 0.25) is 0 Å². The van der Waals surface area contributed by atoms with Gasteiger partial charge in [0.2, 0.25) is 0 Å². The highest BCUT2D eigenvalue weighted by Crippen LogP contribution is 2.28. The lowest BCUT2D eigenvalue weighted by atomic mass is 10.0. The Kier molecular flexibility index (Phi) is 4.89. The summed E-state index contributed by atoms with van der Waals surface area (Å²) in [5.41, 5.74) is 3.44. The summed E-state index contributed by atoms with van der Waals surface area (Å²) in [5.74, 6) is -0.849. The first-order chi connectivity index (χ1) is 13.6. The summed E-state index contributed by atoms with van der Waals surface area (Å²) in [6, 6.07) is 20.2. The van der Waals surface area contributed by atoms with Gasteiger partial charge in [-0.1, -0.05) is 24.3 Å². The summed E-state index contributed by atoms with van der Waals surface area (Å²) in [6.45, 7) is 0.678. The average Bonchev–Trinajstić information content (AvgIpc) is 2.73. The van der Waals surface area contributed by atoms with Crippen molar-refractivity contribution in [1.29, 1.82) is 0 Å². The van der Waals surface area contributed by atoms with Crippen molar-refractivity contribution in [3.8, 4) is 0 Å². The van der Waals surface area contributed by atoms with E-state index in [0.717, 1.165) is 18.5 Å². The minimum absolute atomic E-state index is 0.0794. The second-order valence-corrected chi connectivity index (χ2v) is 6.73. The third-order valence-corrected chi connectivity index (χ3v) is 4.83. The van der Waals surface area contributed by atoms with E-state index in [-0.39, 0.29) is 11.8 Å². The molecule has 140 valence electrons. The maximum Gasteiger partial charge on any atom is 0.258 e. The number of hydrogen-bond donors (Lipinski definition) is 1. The first-order valence-electron chi connectivity index (χ1n) is 9.18. The molecule has 0 fully saturated rings. The average molecular weight is 374 g/mol. The molecule has 0 aromatic heterocycles. The van der Waals surface area contributed by atoms with E-state index in [4.69, 9.17) is 0 Å². The topological polar surface area (TPSA) is 49.4 Å². The largest absolute Gasteiger partial charge is 0.322 e. The summed E-state index contributed by atoms with van der Waals surface area (Å²) in [4.78, 5) is 27.1. The van der Waals surface area contributed by atoms with Crippen LogP contribution in [-0.2, 0) is 6.42 Å². The highest BCUT2D eigenvalue weighted by molar-refractivity contribution is 6.08. The van der Waals surface area contributed by atoms with Crippen LogP contribution < -0.4 is 10.2 Å². The number of fused-ring (bicyclic) bond motifs is 1. The minimum atomic E-state index is -0.416. The van der Waals surface area contributed by atoms with E-state index in [1.807, 2.05) is 18.2 Å². The van der Waals surface area contributed by atoms with Crippen molar-refractivity contribution < 1.29 is 14.0 Å². The molecule has 2 amide bonds. The second kappa shape index (κ2) is 7.64. The molecule has 3 aromatic carbocycles. The van der Waals surface area contributed by atoms with Crippen molar-refractivity contribution in [2.24, 2.45) is 0 Å². The molecule has 0 bridgehead atoms.